The van der Waals surface area contributed by atoms with Gasteiger partial charge in [-0.3, -0.25) is 8.91 Å². The number of hydrogen-bond acceptors (Lipinski definition) is 4. The van der Waals surface area contributed by atoms with Gasteiger partial charge in [0.25, 0.3) is 11.3 Å². The standard InChI is InChI=1S/C22H18N2O3S/c25-28(26-16-17-7-2-1-3-8-17)24-22-15-19(13-14-23-22)27-21-12-6-10-18-9-4-5-11-20(18)21/h1-15H,16H2,(H,23,24). The Kier molecular flexibility index (Phi) is 5.61. The molecular formula is C22H18N2O3S. The van der Waals surface area contributed by atoms with Crippen LogP contribution in [0.25, 0.3) is 10.8 Å². The fraction of sp³-hybridized carbons (Fsp3) is 0.0455. The Morgan fingerprint density at radius 2 is 1.68 bits per heavy atom. The molecule has 140 valence electrons. The van der Waals surface area contributed by atoms with Crippen LogP contribution in [0.3, 0.4) is 0 Å². The number of fused-ring (bicyclic) bond motifs is 1. The Balaban J connectivity index is 1.43. The number of nitrogens with one attached hydrogen (secondary N) is 1. The molecule has 0 aliphatic rings. The van der Waals surface area contributed by atoms with Crippen molar-refractivity contribution in [3.63, 3.8) is 0 Å². The number of anilines is 1. The number of pyridine rings is 1. The van der Waals surface area contributed by atoms with Crippen molar-refractivity contribution in [2.24, 2.45) is 0 Å². The van der Waals surface area contributed by atoms with E-state index in [1.807, 2.05) is 72.8 Å². The molecule has 0 saturated carbocycles. The summed E-state index contributed by atoms with van der Waals surface area (Å²) in [6, 6.07) is 26.9. The topological polar surface area (TPSA) is 60.5 Å². The van der Waals surface area contributed by atoms with Crippen molar-refractivity contribution in [2.45, 2.75) is 6.61 Å². The zero-order valence-electron chi connectivity index (χ0n) is 14.9. The first-order valence-corrected chi connectivity index (χ1v) is 9.83. The third-order valence-corrected chi connectivity index (χ3v) is 4.78. The molecule has 28 heavy (non-hydrogen) atoms. The van der Waals surface area contributed by atoms with Crippen molar-refractivity contribution >= 4 is 27.9 Å². The van der Waals surface area contributed by atoms with E-state index in [-0.39, 0.29) is 6.61 Å². The van der Waals surface area contributed by atoms with E-state index in [1.165, 1.54) is 0 Å². The van der Waals surface area contributed by atoms with Crippen molar-refractivity contribution in [2.75, 3.05) is 4.72 Å². The summed E-state index contributed by atoms with van der Waals surface area (Å²) < 4.78 is 26.2. The highest BCUT2D eigenvalue weighted by Gasteiger charge is 2.07. The molecule has 0 radical (unpaired) electrons. The van der Waals surface area contributed by atoms with Crippen molar-refractivity contribution in [3.05, 3.63) is 96.7 Å². The lowest BCUT2D eigenvalue weighted by molar-refractivity contribution is 0.340. The first-order chi connectivity index (χ1) is 13.8. The minimum absolute atomic E-state index is 0.243. The van der Waals surface area contributed by atoms with E-state index in [1.54, 1.807) is 18.3 Å². The third kappa shape index (κ3) is 4.54. The molecule has 0 fully saturated rings. The Bertz CT molecular complexity index is 1100. The molecule has 0 bridgehead atoms. The molecule has 1 atom stereocenters. The van der Waals surface area contributed by atoms with Crippen molar-refractivity contribution in [3.8, 4) is 11.5 Å². The fourth-order valence-corrected chi connectivity index (χ4v) is 3.34. The summed E-state index contributed by atoms with van der Waals surface area (Å²) in [6.07, 6.45) is 1.59. The average molecular weight is 390 g/mol. The molecule has 4 rings (SSSR count). The zero-order chi connectivity index (χ0) is 19.2. The van der Waals surface area contributed by atoms with Gasteiger partial charge in [0.05, 0.1) is 6.61 Å². The maximum absolute atomic E-state index is 12.1. The monoisotopic (exact) mass is 390 g/mol. The van der Waals surface area contributed by atoms with E-state index in [9.17, 15) is 4.21 Å². The summed E-state index contributed by atoms with van der Waals surface area (Å²) in [4.78, 5) is 4.17. The number of benzene rings is 3. The second-order valence-electron chi connectivity index (χ2n) is 6.04. The van der Waals surface area contributed by atoms with Crippen molar-refractivity contribution in [1.29, 1.82) is 0 Å². The number of aromatic nitrogens is 1. The maximum atomic E-state index is 12.1. The van der Waals surface area contributed by atoms with E-state index in [2.05, 4.69) is 9.71 Å². The lowest BCUT2D eigenvalue weighted by atomic mass is 10.1. The second kappa shape index (κ2) is 8.65. The zero-order valence-corrected chi connectivity index (χ0v) is 15.8. The summed E-state index contributed by atoms with van der Waals surface area (Å²) >= 11 is -1.72. The molecule has 0 amide bonds. The minimum atomic E-state index is -1.72. The summed E-state index contributed by atoms with van der Waals surface area (Å²) in [5.74, 6) is 1.75. The molecule has 0 aliphatic heterocycles. The Labute approximate surface area is 165 Å². The van der Waals surface area contributed by atoms with Crippen LogP contribution in [0.2, 0.25) is 0 Å². The van der Waals surface area contributed by atoms with E-state index < -0.39 is 11.3 Å². The van der Waals surface area contributed by atoms with Gasteiger partial charge in [-0.15, -0.1) is 0 Å². The molecule has 1 unspecified atom stereocenters. The predicted molar refractivity (Wildman–Crippen MR) is 111 cm³/mol. The highest BCUT2D eigenvalue weighted by Crippen LogP contribution is 2.30. The van der Waals surface area contributed by atoms with Crippen LogP contribution in [0.15, 0.2) is 91.1 Å². The van der Waals surface area contributed by atoms with Gasteiger partial charge in [0.1, 0.15) is 17.3 Å². The molecular weight excluding hydrogens is 372 g/mol. The van der Waals surface area contributed by atoms with Gasteiger partial charge in [0.2, 0.25) is 0 Å². The van der Waals surface area contributed by atoms with Gasteiger partial charge in [-0.1, -0.05) is 66.7 Å². The molecule has 5 nitrogen and oxygen atoms in total. The lowest BCUT2D eigenvalue weighted by Gasteiger charge is -2.10. The van der Waals surface area contributed by atoms with Gasteiger partial charge in [0, 0.05) is 17.6 Å². The highest BCUT2D eigenvalue weighted by molar-refractivity contribution is 7.81. The van der Waals surface area contributed by atoms with Crippen LogP contribution < -0.4 is 9.46 Å². The van der Waals surface area contributed by atoms with Crippen LogP contribution in [0, 0.1) is 0 Å². The first-order valence-electron chi connectivity index (χ1n) is 8.75. The molecule has 1 heterocycles. The molecule has 0 spiro atoms. The quantitative estimate of drug-likeness (QED) is 0.469. The number of nitrogens with zero attached hydrogens (tertiary/aromatic N) is 1. The molecule has 0 saturated heterocycles. The highest BCUT2D eigenvalue weighted by atomic mass is 32.2. The molecule has 1 aromatic heterocycles. The molecule has 3 aromatic carbocycles. The summed E-state index contributed by atoms with van der Waals surface area (Å²) in [5, 5.41) is 2.12. The largest absolute Gasteiger partial charge is 0.457 e. The Hall–Kier alpha value is -3.22. The van der Waals surface area contributed by atoms with Gasteiger partial charge in [0.15, 0.2) is 0 Å². The van der Waals surface area contributed by atoms with E-state index in [4.69, 9.17) is 8.92 Å². The van der Waals surface area contributed by atoms with Gasteiger partial charge in [-0.05, 0) is 23.1 Å². The summed E-state index contributed by atoms with van der Waals surface area (Å²) in [7, 11) is 0. The smallest absolute Gasteiger partial charge is 0.263 e. The Morgan fingerprint density at radius 3 is 2.57 bits per heavy atom. The number of hydrogen-bond donors (Lipinski definition) is 1. The van der Waals surface area contributed by atoms with Gasteiger partial charge in [-0.2, -0.15) is 0 Å². The van der Waals surface area contributed by atoms with Gasteiger partial charge < -0.3 is 4.74 Å². The van der Waals surface area contributed by atoms with Crippen LogP contribution in [0.1, 0.15) is 5.56 Å². The third-order valence-electron chi connectivity index (χ3n) is 4.07. The lowest BCUT2D eigenvalue weighted by Crippen LogP contribution is -2.09. The van der Waals surface area contributed by atoms with Crippen LogP contribution >= 0.6 is 0 Å². The average Bonchev–Trinajstić information content (AvgIpc) is 2.74. The molecule has 0 aliphatic carbocycles. The molecule has 1 N–H and O–H groups in total. The van der Waals surface area contributed by atoms with Crippen LogP contribution in [-0.2, 0) is 22.1 Å². The second-order valence-corrected chi connectivity index (χ2v) is 6.95. The summed E-state index contributed by atoms with van der Waals surface area (Å²) in [5.41, 5.74) is 0.943. The molecule has 4 aromatic rings. The van der Waals surface area contributed by atoms with Crippen molar-refractivity contribution < 1.29 is 13.1 Å². The number of rotatable bonds is 7. The van der Waals surface area contributed by atoms with E-state index in [0.717, 1.165) is 22.1 Å². The fourth-order valence-electron chi connectivity index (χ4n) is 2.75. The van der Waals surface area contributed by atoms with Crippen LogP contribution in [-0.4, -0.2) is 9.19 Å². The predicted octanol–water partition coefficient (Wildman–Crippen LogP) is 5.23. The normalized spacial score (nSPS) is 11.9. The van der Waals surface area contributed by atoms with Crippen molar-refractivity contribution in [1.82, 2.24) is 4.98 Å². The van der Waals surface area contributed by atoms with Gasteiger partial charge in [-0.25, -0.2) is 9.19 Å². The number of ether oxygens (including phenoxy) is 1. The van der Waals surface area contributed by atoms with E-state index >= 15 is 0 Å². The SMILES string of the molecule is O=S(Nc1cc(Oc2cccc3ccccc23)ccn1)OCc1ccccc1. The van der Waals surface area contributed by atoms with E-state index in [0.29, 0.717) is 11.6 Å². The van der Waals surface area contributed by atoms with Crippen LogP contribution in [0.4, 0.5) is 5.82 Å². The minimum Gasteiger partial charge on any atom is -0.457 e. The van der Waals surface area contributed by atoms with Crippen LogP contribution in [0.5, 0.6) is 11.5 Å². The maximum Gasteiger partial charge on any atom is 0.263 e. The summed E-state index contributed by atoms with van der Waals surface area (Å²) in [6.45, 7) is 0.243. The molecule has 6 heteroatoms. The van der Waals surface area contributed by atoms with Gasteiger partial charge >= 0.3 is 0 Å². The Morgan fingerprint density at radius 1 is 0.893 bits per heavy atom. The first kappa shape index (κ1) is 18.2.